The van der Waals surface area contributed by atoms with Crippen LogP contribution >= 0.6 is 0 Å². The topological polar surface area (TPSA) is 199 Å². The molecule has 2 aliphatic heterocycles. The third-order valence-electron chi connectivity index (χ3n) is 8.50. The number of nitrogens with zero attached hydrogens (tertiary/aromatic N) is 4. The van der Waals surface area contributed by atoms with Crippen molar-refractivity contribution in [1.29, 1.82) is 0 Å². The number of hydrogen-bond donors (Lipinski definition) is 2. The highest BCUT2D eigenvalue weighted by atomic mass is 19.1. The highest BCUT2D eigenvalue weighted by Gasteiger charge is 2.49. The van der Waals surface area contributed by atoms with Gasteiger partial charge in [-0.1, -0.05) is 44.2 Å². The summed E-state index contributed by atoms with van der Waals surface area (Å²) in [6, 6.07) is 13.5. The number of alkyl halides is 2. The number of pyridine rings is 2. The molecule has 0 radical (unpaired) electrons. The van der Waals surface area contributed by atoms with Crippen molar-refractivity contribution in [3.05, 3.63) is 83.4 Å². The van der Waals surface area contributed by atoms with Crippen LogP contribution in [0.5, 0.6) is 5.88 Å². The van der Waals surface area contributed by atoms with E-state index in [0.717, 1.165) is 23.5 Å². The first-order chi connectivity index (χ1) is 26.4. The molecule has 6 heterocycles. The SMILES string of the molecule is CC[C@H]1OC(OC(C)=O)[C@H](OC(C)=O)[C@H]1F.CC[C@H]1OC(n2cnc3c(=O)[nH]ccc32)[C@H](OC(C)=O)[C@H]1F.c1ccc(COc2nccc3[nH]cnc23)cc1. The fraction of sp³-hybridized carbons (Fsp3) is 0.432. The number of hydrogen-bond acceptors (Lipinski definition) is 13. The number of imidazole rings is 2. The number of carbonyl (C=O) groups excluding carboxylic acids is 3. The van der Waals surface area contributed by atoms with Crippen LogP contribution < -0.4 is 10.3 Å². The number of ether oxygens (including phenoxy) is 6. The number of halogens is 2. The van der Waals surface area contributed by atoms with E-state index < -0.39 is 67.2 Å². The number of aromatic nitrogens is 6. The number of benzene rings is 1. The number of nitrogens with one attached hydrogen (secondary N) is 2. The molecule has 2 unspecified atom stereocenters. The molecule has 4 aromatic heterocycles. The summed E-state index contributed by atoms with van der Waals surface area (Å²) in [5.41, 5.74) is 3.19. The summed E-state index contributed by atoms with van der Waals surface area (Å²) in [7, 11) is 0. The molecule has 2 saturated heterocycles. The number of carbonyl (C=O) groups is 3. The summed E-state index contributed by atoms with van der Waals surface area (Å²) >= 11 is 0. The molecular formula is C37H42F2N6O10. The van der Waals surface area contributed by atoms with Crippen LogP contribution in [-0.2, 0) is 44.7 Å². The van der Waals surface area contributed by atoms with Crippen LogP contribution in [-0.4, -0.2) is 90.4 Å². The Labute approximate surface area is 313 Å². The Balaban J connectivity index is 0.000000161. The fourth-order valence-corrected chi connectivity index (χ4v) is 5.99. The first-order valence-corrected chi connectivity index (χ1v) is 17.5. The predicted molar refractivity (Wildman–Crippen MR) is 191 cm³/mol. The van der Waals surface area contributed by atoms with Crippen molar-refractivity contribution in [2.24, 2.45) is 0 Å². The van der Waals surface area contributed by atoms with Gasteiger partial charge in [0.1, 0.15) is 6.61 Å². The fourth-order valence-electron chi connectivity index (χ4n) is 5.99. The lowest BCUT2D eigenvalue weighted by molar-refractivity contribution is -0.194. The van der Waals surface area contributed by atoms with Crippen LogP contribution in [0.3, 0.4) is 0 Å². The van der Waals surface area contributed by atoms with Crippen LogP contribution in [0, 0.1) is 0 Å². The molecule has 7 rings (SSSR count). The Morgan fingerprint density at radius 3 is 2.13 bits per heavy atom. The molecule has 8 atom stereocenters. The van der Waals surface area contributed by atoms with Crippen molar-refractivity contribution in [3.63, 3.8) is 0 Å². The monoisotopic (exact) mass is 768 g/mol. The second-order valence-electron chi connectivity index (χ2n) is 12.5. The Morgan fingerprint density at radius 1 is 0.800 bits per heavy atom. The number of aromatic amines is 2. The molecule has 0 spiro atoms. The van der Waals surface area contributed by atoms with Gasteiger partial charge in [0, 0.05) is 33.2 Å². The third-order valence-corrected chi connectivity index (χ3v) is 8.50. The molecule has 55 heavy (non-hydrogen) atoms. The average Bonchev–Trinajstić information content (AvgIpc) is 3.95. The van der Waals surface area contributed by atoms with Crippen LogP contribution in [0.15, 0.2) is 72.3 Å². The third kappa shape index (κ3) is 9.87. The van der Waals surface area contributed by atoms with Gasteiger partial charge in [-0.3, -0.25) is 23.7 Å². The van der Waals surface area contributed by atoms with E-state index in [-0.39, 0.29) is 11.1 Å². The summed E-state index contributed by atoms with van der Waals surface area (Å²) in [6.45, 7) is 7.59. The maximum atomic E-state index is 14.4. The highest BCUT2D eigenvalue weighted by Crippen LogP contribution is 2.36. The second kappa shape index (κ2) is 18.5. The number of rotatable bonds is 9. The van der Waals surface area contributed by atoms with Crippen LogP contribution in [0.4, 0.5) is 8.78 Å². The Morgan fingerprint density at radius 2 is 1.45 bits per heavy atom. The Hall–Kier alpha value is -5.75. The summed E-state index contributed by atoms with van der Waals surface area (Å²) in [5.74, 6) is -1.26. The smallest absolute Gasteiger partial charge is 0.305 e. The van der Waals surface area contributed by atoms with E-state index in [0.29, 0.717) is 30.8 Å². The van der Waals surface area contributed by atoms with Gasteiger partial charge < -0.3 is 38.4 Å². The molecule has 2 fully saturated rings. The zero-order valence-corrected chi connectivity index (χ0v) is 30.7. The number of esters is 3. The molecule has 16 nitrogen and oxygen atoms in total. The van der Waals surface area contributed by atoms with E-state index in [1.807, 2.05) is 36.4 Å². The molecule has 0 aliphatic carbocycles. The Bertz CT molecular complexity index is 2110. The van der Waals surface area contributed by atoms with E-state index >= 15 is 0 Å². The predicted octanol–water partition coefficient (Wildman–Crippen LogP) is 4.79. The molecule has 2 aliphatic rings. The lowest BCUT2D eigenvalue weighted by atomic mass is 10.1. The molecule has 0 amide bonds. The molecule has 294 valence electrons. The van der Waals surface area contributed by atoms with Gasteiger partial charge in [0.15, 0.2) is 41.8 Å². The normalized spacial score (nSPS) is 24.3. The summed E-state index contributed by atoms with van der Waals surface area (Å²) in [6.07, 6.45) is -1.46. The van der Waals surface area contributed by atoms with Crippen LogP contribution in [0.1, 0.15) is 59.3 Å². The number of H-pyrrole nitrogens is 2. The largest absolute Gasteiger partial charge is 0.471 e. The maximum absolute atomic E-state index is 14.4. The highest BCUT2D eigenvalue weighted by molar-refractivity contribution is 5.79. The van der Waals surface area contributed by atoms with Crippen molar-refractivity contribution in [1.82, 2.24) is 29.5 Å². The lowest BCUT2D eigenvalue weighted by Gasteiger charge is -2.20. The molecule has 0 bridgehead atoms. The first kappa shape index (κ1) is 40.4. The molecule has 0 saturated carbocycles. The molecule has 5 aromatic rings. The van der Waals surface area contributed by atoms with Crippen LogP contribution in [0.2, 0.25) is 0 Å². The van der Waals surface area contributed by atoms with Gasteiger partial charge in [0.25, 0.3) is 5.56 Å². The van der Waals surface area contributed by atoms with E-state index in [9.17, 15) is 28.0 Å². The Kier molecular flexibility index (Phi) is 13.6. The van der Waals surface area contributed by atoms with Gasteiger partial charge in [0.05, 0.1) is 35.9 Å². The van der Waals surface area contributed by atoms with Crippen molar-refractivity contribution >= 4 is 40.0 Å². The summed E-state index contributed by atoms with van der Waals surface area (Å²) in [4.78, 5) is 62.5. The molecule has 2 N–H and O–H groups in total. The molecule has 18 heteroatoms. The minimum atomic E-state index is -1.47. The zero-order chi connectivity index (χ0) is 39.6. The quantitative estimate of drug-likeness (QED) is 0.153. The van der Waals surface area contributed by atoms with E-state index in [4.69, 9.17) is 28.4 Å². The van der Waals surface area contributed by atoms with Gasteiger partial charge in [-0.05, 0) is 30.5 Å². The minimum Gasteiger partial charge on any atom is -0.471 e. The second-order valence-corrected chi connectivity index (χ2v) is 12.5. The van der Waals surface area contributed by atoms with Crippen molar-refractivity contribution in [2.45, 2.75) is 103 Å². The zero-order valence-electron chi connectivity index (χ0n) is 30.7. The van der Waals surface area contributed by atoms with Crippen molar-refractivity contribution in [2.75, 3.05) is 0 Å². The summed E-state index contributed by atoms with van der Waals surface area (Å²) in [5, 5.41) is 0. The molecule has 1 aromatic carbocycles. The van der Waals surface area contributed by atoms with Crippen molar-refractivity contribution < 1.29 is 51.6 Å². The lowest BCUT2D eigenvalue weighted by Crippen LogP contribution is -2.36. The van der Waals surface area contributed by atoms with E-state index in [2.05, 4.69) is 24.9 Å². The standard InChI is InChI=1S/C14H16FN3O4.C13H11N3O.C10H15FO5/c1-3-9-10(15)12(21-7(2)19)14(22-9)18-6-17-11-8(18)4-5-16-13(11)20;1-2-4-10(5-3-1)8-17-13-12-11(6-7-14-13)15-9-16-12;1-4-7-8(11)9(14-5(2)12)10(16-7)15-6(3)13/h4-6,9-10,12,14H,3H2,1-2H3,(H,16,20);1-7,9H,8H2,(H,15,16);7-10H,4H2,1-3H3/t9-,10+,12-,14?;;7-,8+,9-,10?/m1.1/s1. The van der Waals surface area contributed by atoms with Crippen molar-refractivity contribution in [3.8, 4) is 5.88 Å². The van der Waals surface area contributed by atoms with Crippen LogP contribution in [0.25, 0.3) is 22.1 Å². The van der Waals surface area contributed by atoms with Gasteiger partial charge in [-0.15, -0.1) is 0 Å². The van der Waals surface area contributed by atoms with Gasteiger partial charge in [-0.2, -0.15) is 0 Å². The maximum Gasteiger partial charge on any atom is 0.305 e. The van der Waals surface area contributed by atoms with Gasteiger partial charge in [0.2, 0.25) is 12.2 Å². The van der Waals surface area contributed by atoms with Gasteiger partial charge in [-0.25, -0.2) is 23.7 Å². The minimum absolute atomic E-state index is 0.225. The number of fused-ring (bicyclic) bond motifs is 2. The van der Waals surface area contributed by atoms with E-state index in [1.54, 1.807) is 32.4 Å². The molecular weight excluding hydrogens is 726 g/mol. The summed E-state index contributed by atoms with van der Waals surface area (Å²) < 4.78 is 60.8. The van der Waals surface area contributed by atoms with Gasteiger partial charge >= 0.3 is 17.9 Å². The first-order valence-electron chi connectivity index (χ1n) is 17.5. The average molecular weight is 769 g/mol. The van der Waals surface area contributed by atoms with E-state index in [1.165, 1.54) is 30.9 Å².